The summed E-state index contributed by atoms with van der Waals surface area (Å²) < 4.78 is 4.93. The lowest BCUT2D eigenvalue weighted by Crippen LogP contribution is -2.14. The molecule has 0 bridgehead atoms. The van der Waals surface area contributed by atoms with Crippen molar-refractivity contribution in [3.8, 4) is 34.0 Å². The quantitative estimate of drug-likeness (QED) is 0.204. The minimum atomic E-state index is -0.0127. The molecule has 7 aromatic rings. The van der Waals surface area contributed by atoms with Gasteiger partial charge < -0.3 is 4.57 Å². The van der Waals surface area contributed by atoms with Crippen LogP contribution < -0.4 is 0 Å². The lowest BCUT2D eigenvalue weighted by atomic mass is 9.82. The van der Waals surface area contributed by atoms with Crippen molar-refractivity contribution in [2.75, 3.05) is 0 Å². The van der Waals surface area contributed by atoms with Gasteiger partial charge in [-0.25, -0.2) is 0 Å². The number of nitriles is 1. The SMILES string of the molecule is CC1(C)c2ccccc2-c2cc3c(cc21)sc1cc(-c2cccc(C#N)c2-n2c4c(c5ccccc52)CCC=C4)ccc13. The Kier molecular flexibility index (Phi) is 5.05. The molecule has 43 heavy (non-hydrogen) atoms. The number of allylic oxidation sites excluding steroid dienone is 1. The van der Waals surface area contributed by atoms with E-state index in [1.165, 1.54) is 59.1 Å². The van der Waals surface area contributed by atoms with Crippen LogP contribution in [0.5, 0.6) is 0 Å². The highest BCUT2D eigenvalue weighted by Crippen LogP contribution is 2.51. The minimum Gasteiger partial charge on any atom is -0.308 e. The standard InChI is InChI=1S/C40H28N2S/c1-40(2)33-15-6-3-11-27(33)31-21-32-30-19-18-24(20-37(30)43-38(32)22-34(31)40)26-14-9-10-25(23-41)39(26)42-35-16-7-4-12-28(35)29-13-5-8-17-36(29)42/h3-4,6-12,14-22H,5,13H2,1-2H3. The molecule has 0 spiro atoms. The van der Waals surface area contributed by atoms with Crippen molar-refractivity contribution in [3.05, 3.63) is 131 Å². The molecule has 2 aliphatic rings. The van der Waals surface area contributed by atoms with E-state index in [1.54, 1.807) is 0 Å². The number of rotatable bonds is 2. The summed E-state index contributed by atoms with van der Waals surface area (Å²) in [5, 5.41) is 14.2. The van der Waals surface area contributed by atoms with Crippen molar-refractivity contribution >= 4 is 48.5 Å². The molecule has 0 unspecified atom stereocenters. The molecule has 3 heteroatoms. The molecule has 0 atom stereocenters. The van der Waals surface area contributed by atoms with Gasteiger partial charge in [0.1, 0.15) is 6.07 Å². The summed E-state index contributed by atoms with van der Waals surface area (Å²) in [6, 6.07) is 37.9. The fourth-order valence-corrected chi connectivity index (χ4v) is 8.84. The summed E-state index contributed by atoms with van der Waals surface area (Å²) in [6.07, 6.45) is 6.56. The minimum absolute atomic E-state index is 0.0127. The Morgan fingerprint density at radius 2 is 1.56 bits per heavy atom. The number of nitrogens with zero attached hydrogens (tertiary/aromatic N) is 2. The third-order valence-corrected chi connectivity index (χ3v) is 10.8. The summed E-state index contributed by atoms with van der Waals surface area (Å²) in [5.41, 5.74) is 13.1. The Labute approximate surface area is 254 Å². The Balaban J connectivity index is 1.28. The fourth-order valence-electron chi connectivity index (χ4n) is 7.67. The first kappa shape index (κ1) is 24.7. The number of hydrogen-bond acceptors (Lipinski definition) is 2. The van der Waals surface area contributed by atoms with Crippen molar-refractivity contribution in [2.45, 2.75) is 32.1 Å². The third-order valence-electron chi connectivity index (χ3n) is 9.72. The van der Waals surface area contributed by atoms with E-state index in [1.807, 2.05) is 23.5 Å². The molecular weight excluding hydrogens is 541 g/mol. The molecule has 5 aromatic carbocycles. The highest BCUT2D eigenvalue weighted by atomic mass is 32.1. The second kappa shape index (κ2) is 8.80. The van der Waals surface area contributed by atoms with Crippen LogP contribution in [0.15, 0.2) is 103 Å². The topological polar surface area (TPSA) is 28.7 Å². The second-order valence-electron chi connectivity index (χ2n) is 12.3. The van der Waals surface area contributed by atoms with Gasteiger partial charge in [0.25, 0.3) is 0 Å². The Hall–Kier alpha value is -4.91. The van der Waals surface area contributed by atoms with E-state index in [-0.39, 0.29) is 5.41 Å². The molecule has 2 aliphatic carbocycles. The molecule has 2 nitrogen and oxygen atoms in total. The van der Waals surface area contributed by atoms with Crippen LogP contribution in [0.2, 0.25) is 0 Å². The summed E-state index contributed by atoms with van der Waals surface area (Å²) in [6.45, 7) is 4.69. The first-order valence-corrected chi connectivity index (χ1v) is 15.8. The average molecular weight is 569 g/mol. The van der Waals surface area contributed by atoms with Gasteiger partial charge in [0.2, 0.25) is 0 Å². The molecule has 204 valence electrons. The summed E-state index contributed by atoms with van der Waals surface area (Å²) in [5.74, 6) is 0. The zero-order chi connectivity index (χ0) is 28.9. The van der Waals surface area contributed by atoms with E-state index in [0.717, 1.165) is 35.2 Å². The number of benzene rings is 5. The van der Waals surface area contributed by atoms with Crippen molar-refractivity contribution in [2.24, 2.45) is 0 Å². The molecule has 0 radical (unpaired) electrons. The van der Waals surface area contributed by atoms with Gasteiger partial charge in [-0.15, -0.1) is 11.3 Å². The number of thiophene rings is 1. The van der Waals surface area contributed by atoms with Crippen LogP contribution in [0.4, 0.5) is 0 Å². The Morgan fingerprint density at radius 1 is 0.744 bits per heavy atom. The molecule has 0 aliphatic heterocycles. The summed E-state index contributed by atoms with van der Waals surface area (Å²) in [7, 11) is 0. The van der Waals surface area contributed by atoms with Crippen molar-refractivity contribution in [3.63, 3.8) is 0 Å². The average Bonchev–Trinajstić information content (AvgIpc) is 3.65. The van der Waals surface area contributed by atoms with E-state index in [2.05, 4.69) is 122 Å². The van der Waals surface area contributed by atoms with Crippen LogP contribution in [0.25, 0.3) is 65.1 Å². The van der Waals surface area contributed by atoms with Gasteiger partial charge in [-0.05, 0) is 82.6 Å². The van der Waals surface area contributed by atoms with Crippen molar-refractivity contribution < 1.29 is 0 Å². The second-order valence-corrected chi connectivity index (χ2v) is 13.4. The summed E-state index contributed by atoms with van der Waals surface area (Å²) >= 11 is 1.87. The van der Waals surface area contributed by atoms with E-state index in [0.29, 0.717) is 5.56 Å². The molecule has 0 fully saturated rings. The smallest absolute Gasteiger partial charge is 0.101 e. The van der Waals surface area contributed by atoms with Crippen LogP contribution >= 0.6 is 11.3 Å². The zero-order valence-electron chi connectivity index (χ0n) is 24.1. The van der Waals surface area contributed by atoms with Gasteiger partial charge in [-0.1, -0.05) is 86.7 Å². The van der Waals surface area contributed by atoms with Gasteiger partial charge in [0, 0.05) is 42.2 Å². The molecule has 2 heterocycles. The highest BCUT2D eigenvalue weighted by molar-refractivity contribution is 7.25. The number of aryl methyl sites for hydroxylation is 1. The number of hydrogen-bond donors (Lipinski definition) is 0. The Morgan fingerprint density at radius 3 is 2.47 bits per heavy atom. The lowest BCUT2D eigenvalue weighted by Gasteiger charge is -2.21. The van der Waals surface area contributed by atoms with Crippen LogP contribution in [-0.4, -0.2) is 4.57 Å². The van der Waals surface area contributed by atoms with Crippen molar-refractivity contribution in [1.82, 2.24) is 4.57 Å². The maximum Gasteiger partial charge on any atom is 0.101 e. The van der Waals surface area contributed by atoms with E-state index in [9.17, 15) is 5.26 Å². The monoisotopic (exact) mass is 568 g/mol. The Bertz CT molecular complexity index is 2390. The summed E-state index contributed by atoms with van der Waals surface area (Å²) in [4.78, 5) is 0. The van der Waals surface area contributed by atoms with E-state index < -0.39 is 0 Å². The van der Waals surface area contributed by atoms with Gasteiger partial charge in [0.05, 0.1) is 16.8 Å². The maximum atomic E-state index is 10.3. The highest BCUT2D eigenvalue weighted by Gasteiger charge is 2.35. The van der Waals surface area contributed by atoms with Crippen LogP contribution in [0.1, 0.15) is 48.2 Å². The molecule has 0 amide bonds. The molecular formula is C40H28N2S. The van der Waals surface area contributed by atoms with Crippen LogP contribution in [0, 0.1) is 11.3 Å². The third kappa shape index (κ3) is 3.33. The number of fused-ring (bicyclic) bond motifs is 9. The van der Waals surface area contributed by atoms with E-state index >= 15 is 0 Å². The molecule has 9 rings (SSSR count). The van der Waals surface area contributed by atoms with E-state index in [4.69, 9.17) is 0 Å². The predicted molar refractivity (Wildman–Crippen MR) is 181 cm³/mol. The van der Waals surface area contributed by atoms with Crippen LogP contribution in [-0.2, 0) is 11.8 Å². The molecule has 0 saturated carbocycles. The zero-order valence-corrected chi connectivity index (χ0v) is 24.9. The normalized spacial score (nSPS) is 14.6. The first-order chi connectivity index (χ1) is 21.0. The number of aromatic nitrogens is 1. The van der Waals surface area contributed by atoms with Gasteiger partial charge in [0.15, 0.2) is 0 Å². The molecule has 0 saturated heterocycles. The predicted octanol–water partition coefficient (Wildman–Crippen LogP) is 10.8. The van der Waals surface area contributed by atoms with Crippen LogP contribution in [0.3, 0.4) is 0 Å². The largest absolute Gasteiger partial charge is 0.308 e. The van der Waals surface area contributed by atoms with Crippen molar-refractivity contribution in [1.29, 1.82) is 5.26 Å². The number of para-hydroxylation sites is 2. The van der Waals surface area contributed by atoms with Gasteiger partial charge >= 0.3 is 0 Å². The first-order valence-electron chi connectivity index (χ1n) is 15.0. The van der Waals surface area contributed by atoms with Gasteiger partial charge in [-0.3, -0.25) is 0 Å². The molecule has 2 aromatic heterocycles. The fraction of sp³-hybridized carbons (Fsp3) is 0.125. The van der Waals surface area contributed by atoms with Gasteiger partial charge in [-0.2, -0.15) is 5.26 Å². The lowest BCUT2D eigenvalue weighted by molar-refractivity contribution is 0.661. The maximum absolute atomic E-state index is 10.3. The molecule has 0 N–H and O–H groups in total.